The Hall–Kier alpha value is -0.953. The number of hydrogen-bond acceptors (Lipinski definition) is 4. The van der Waals surface area contributed by atoms with Crippen molar-refractivity contribution in [3.63, 3.8) is 0 Å². The largest absolute Gasteiger partial charge is 0.871 e. The molecule has 0 atom stereocenters. The van der Waals surface area contributed by atoms with Gasteiger partial charge in [0.2, 0.25) is 0 Å². The first-order valence-corrected chi connectivity index (χ1v) is 12.2. The second-order valence-corrected chi connectivity index (χ2v) is 9.90. The average molecular weight is 398 g/mol. The lowest BCUT2D eigenvalue weighted by atomic mass is 10.1. The molecule has 0 bridgehead atoms. The fourth-order valence-electron chi connectivity index (χ4n) is 3.48. The third kappa shape index (κ3) is 7.18. The van der Waals surface area contributed by atoms with E-state index in [1.807, 2.05) is 4.23 Å². The fourth-order valence-corrected chi connectivity index (χ4v) is 5.32. The lowest BCUT2D eigenvalue weighted by molar-refractivity contribution is -0.600. The third-order valence-corrected chi connectivity index (χ3v) is 7.77. The maximum absolute atomic E-state index is 5.63. The Morgan fingerprint density at radius 2 is 1.37 bits per heavy atom. The molecule has 0 N–H and O–H groups in total. The van der Waals surface area contributed by atoms with Crippen molar-refractivity contribution < 1.29 is 17.5 Å². The Morgan fingerprint density at radius 1 is 0.852 bits per heavy atom. The fraction of sp³-hybridized carbons (Fsp3) is 0.762. The lowest BCUT2D eigenvalue weighted by Crippen LogP contribution is -2.70. The molecule has 0 spiro atoms. The normalized spacial score (nSPS) is 11.8. The van der Waals surface area contributed by atoms with Gasteiger partial charge in [0.15, 0.2) is 11.9 Å². The van der Waals surface area contributed by atoms with Crippen LogP contribution in [0.5, 0.6) is 0 Å². The summed E-state index contributed by atoms with van der Waals surface area (Å²) in [7, 11) is 2.07. The summed E-state index contributed by atoms with van der Waals surface area (Å²) in [5.74, 6) is 0. The van der Waals surface area contributed by atoms with Crippen molar-refractivity contribution in [2.45, 2.75) is 72.1 Å². The predicted molar refractivity (Wildman–Crippen MR) is 114 cm³/mol. The number of hydrogen-bond donors (Lipinski definition) is 0. The van der Waals surface area contributed by atoms with Crippen molar-refractivity contribution in [1.82, 2.24) is 0 Å². The molecule has 0 fully saturated rings. The Labute approximate surface area is 168 Å². The zero-order valence-corrected chi connectivity index (χ0v) is 19.4. The standard InChI is InChI=1S/C21H41N2O3Si/c1-7-9-11-13-16-22(17-14-12-10-8-2)21-15-18-23(20(3)19-21)27(24-4,25-5)26-6/h15,18-19H,7-14,16-17H2,1-6H3/q+1. The Kier molecular flexibility index (Phi) is 11.8. The van der Waals surface area contributed by atoms with Crippen molar-refractivity contribution in [3.05, 3.63) is 24.0 Å². The summed E-state index contributed by atoms with van der Waals surface area (Å²) < 4.78 is 18.9. The minimum absolute atomic E-state index is 1.09. The molecule has 0 aliphatic rings. The summed E-state index contributed by atoms with van der Waals surface area (Å²) in [4.78, 5) is 2.54. The smallest absolute Gasteiger partial charge is 0.371 e. The number of unbranched alkanes of at least 4 members (excludes halogenated alkanes) is 6. The first kappa shape index (κ1) is 24.1. The number of nitrogens with zero attached hydrogens (tertiary/aromatic N) is 2. The molecule has 0 aliphatic carbocycles. The van der Waals surface area contributed by atoms with Gasteiger partial charge in [0.1, 0.15) is 0 Å². The molecule has 27 heavy (non-hydrogen) atoms. The molecule has 0 radical (unpaired) electrons. The monoisotopic (exact) mass is 397 g/mol. The van der Waals surface area contributed by atoms with Crippen LogP contribution in [-0.2, 0) is 13.3 Å². The van der Waals surface area contributed by atoms with Crippen molar-refractivity contribution in [2.75, 3.05) is 39.3 Å². The maximum atomic E-state index is 5.63. The van der Waals surface area contributed by atoms with E-state index in [1.54, 1.807) is 21.3 Å². The van der Waals surface area contributed by atoms with Crippen LogP contribution >= 0.6 is 0 Å². The zero-order chi connectivity index (χ0) is 20.1. The number of anilines is 1. The molecule has 0 saturated heterocycles. The molecule has 0 aliphatic heterocycles. The van der Waals surface area contributed by atoms with Crippen LogP contribution in [0, 0.1) is 6.92 Å². The van der Waals surface area contributed by atoms with Crippen LogP contribution < -0.4 is 9.13 Å². The predicted octanol–water partition coefficient (Wildman–Crippen LogP) is 4.47. The minimum atomic E-state index is -2.87. The van der Waals surface area contributed by atoms with E-state index in [1.165, 1.54) is 57.1 Å². The quantitative estimate of drug-likeness (QED) is 0.323. The highest BCUT2D eigenvalue weighted by Crippen LogP contribution is 2.18. The van der Waals surface area contributed by atoms with Gasteiger partial charge in [-0.3, -0.25) is 0 Å². The van der Waals surface area contributed by atoms with E-state index >= 15 is 0 Å². The van der Waals surface area contributed by atoms with E-state index in [9.17, 15) is 0 Å². The molecule has 0 unspecified atom stereocenters. The van der Waals surface area contributed by atoms with Crippen LogP contribution in [0.2, 0.25) is 0 Å². The molecule has 6 heteroatoms. The molecule has 1 aromatic rings. The summed E-state index contributed by atoms with van der Waals surface area (Å²) in [6, 6.07) is 4.41. The van der Waals surface area contributed by atoms with E-state index in [0.29, 0.717) is 0 Å². The molecular formula is C21H41N2O3Si+. The summed E-state index contributed by atoms with van der Waals surface area (Å²) in [6.07, 6.45) is 12.4. The van der Waals surface area contributed by atoms with Crippen molar-refractivity contribution >= 4 is 14.7 Å². The average Bonchev–Trinajstić information content (AvgIpc) is 2.69. The number of rotatable bonds is 15. The van der Waals surface area contributed by atoms with Gasteiger partial charge in [-0.05, 0) is 12.8 Å². The first-order valence-electron chi connectivity index (χ1n) is 10.5. The van der Waals surface area contributed by atoms with Gasteiger partial charge in [0.25, 0.3) is 0 Å². The first-order chi connectivity index (χ1) is 13.1. The van der Waals surface area contributed by atoms with Crippen LogP contribution in [0.15, 0.2) is 18.3 Å². The van der Waals surface area contributed by atoms with E-state index in [-0.39, 0.29) is 0 Å². The molecular weight excluding hydrogens is 356 g/mol. The molecule has 0 aromatic carbocycles. The second-order valence-electron chi connectivity index (χ2n) is 7.14. The van der Waals surface area contributed by atoms with Crippen LogP contribution in [0.25, 0.3) is 0 Å². The van der Waals surface area contributed by atoms with Crippen LogP contribution in [0.4, 0.5) is 5.69 Å². The van der Waals surface area contributed by atoms with Gasteiger partial charge in [-0.2, -0.15) is 0 Å². The van der Waals surface area contributed by atoms with E-state index < -0.39 is 8.97 Å². The minimum Gasteiger partial charge on any atom is -0.371 e. The summed E-state index contributed by atoms with van der Waals surface area (Å²) in [5, 5.41) is 0. The SMILES string of the molecule is CCCCCCN(CCCCCC)c1cc[n+]([Si](OC)(OC)OC)c(C)c1. The maximum Gasteiger partial charge on any atom is 0.871 e. The summed E-state index contributed by atoms with van der Waals surface area (Å²) >= 11 is 0. The van der Waals surface area contributed by atoms with Gasteiger partial charge in [-0.25, -0.2) is 4.23 Å². The topological polar surface area (TPSA) is 34.8 Å². The molecule has 1 heterocycles. The molecule has 1 rings (SSSR count). The molecule has 5 nitrogen and oxygen atoms in total. The summed E-state index contributed by atoms with van der Waals surface area (Å²) in [5.41, 5.74) is 2.37. The van der Waals surface area contributed by atoms with Crippen molar-refractivity contribution in [3.8, 4) is 0 Å². The second kappa shape index (κ2) is 13.3. The number of aryl methyl sites for hydroxylation is 1. The van der Waals surface area contributed by atoms with Crippen molar-refractivity contribution in [1.29, 1.82) is 0 Å². The van der Waals surface area contributed by atoms with E-state index in [4.69, 9.17) is 13.3 Å². The highest BCUT2D eigenvalue weighted by molar-refractivity contribution is 6.50. The van der Waals surface area contributed by atoms with E-state index in [0.717, 1.165) is 18.8 Å². The van der Waals surface area contributed by atoms with Gasteiger partial charge in [-0.1, -0.05) is 52.4 Å². The van der Waals surface area contributed by atoms with Crippen LogP contribution in [0.3, 0.4) is 0 Å². The summed E-state index contributed by atoms with van der Waals surface area (Å²) in [6.45, 7) is 8.86. The van der Waals surface area contributed by atoms with Gasteiger partial charge in [0, 0.05) is 59.2 Å². The third-order valence-electron chi connectivity index (χ3n) is 5.13. The Bertz CT molecular complexity index is 504. The van der Waals surface area contributed by atoms with Gasteiger partial charge in [-0.15, -0.1) is 0 Å². The van der Waals surface area contributed by atoms with Crippen LogP contribution in [-0.4, -0.2) is 43.4 Å². The van der Waals surface area contributed by atoms with E-state index in [2.05, 4.69) is 44.0 Å². The molecule has 1 aromatic heterocycles. The van der Waals surface area contributed by atoms with Gasteiger partial charge in [0.05, 0.1) is 0 Å². The number of aromatic nitrogens is 1. The Balaban J connectivity index is 2.94. The van der Waals surface area contributed by atoms with Crippen molar-refractivity contribution in [2.24, 2.45) is 0 Å². The zero-order valence-electron chi connectivity index (χ0n) is 18.4. The highest BCUT2D eigenvalue weighted by atomic mass is 28.4. The van der Waals surface area contributed by atoms with Crippen LogP contribution in [0.1, 0.15) is 70.9 Å². The highest BCUT2D eigenvalue weighted by Gasteiger charge is 2.57. The van der Waals surface area contributed by atoms with Gasteiger partial charge < -0.3 is 18.2 Å². The Morgan fingerprint density at radius 3 is 1.78 bits per heavy atom. The molecule has 0 saturated carbocycles. The lowest BCUT2D eigenvalue weighted by Gasteiger charge is -2.26. The molecule has 0 amide bonds. The van der Waals surface area contributed by atoms with Gasteiger partial charge >= 0.3 is 8.97 Å². The number of pyridine rings is 1. The molecule has 156 valence electrons.